The van der Waals surface area contributed by atoms with Crippen molar-refractivity contribution in [3.8, 4) is 0 Å². The van der Waals surface area contributed by atoms with Crippen LogP contribution in [0.3, 0.4) is 0 Å². The van der Waals surface area contributed by atoms with Crippen LogP contribution in [-0.2, 0) is 20.9 Å². The van der Waals surface area contributed by atoms with E-state index in [0.29, 0.717) is 0 Å². The average molecular weight is 466 g/mol. The van der Waals surface area contributed by atoms with Crippen LogP contribution in [0.25, 0.3) is 0 Å². The highest BCUT2D eigenvalue weighted by atomic mass is 79.9. The van der Waals surface area contributed by atoms with Crippen LogP contribution >= 0.6 is 15.9 Å². The molecule has 1 heterocycles. The zero-order valence-electron chi connectivity index (χ0n) is 16.1. The van der Waals surface area contributed by atoms with Gasteiger partial charge in [-0.3, -0.25) is 4.90 Å². The first kappa shape index (κ1) is 20.2. The molecular formula is C24H20BrNO4. The standard InChI is InChI=1S/C24H20BrNO4/c25-22-23(27)30-21(19-14-8-3-9-15-19)20(18-12-6-2-7-13-18)26(22)24(28)29-16-17-10-4-1-5-11-17/h1-15,20-22H,16H2/t20-,21+,22+/m0/s1. The van der Waals surface area contributed by atoms with Gasteiger partial charge in [0.05, 0.1) is 0 Å². The van der Waals surface area contributed by atoms with Gasteiger partial charge < -0.3 is 9.47 Å². The molecular weight excluding hydrogens is 446 g/mol. The number of ether oxygens (including phenoxy) is 2. The van der Waals surface area contributed by atoms with Crippen molar-refractivity contribution in [1.29, 1.82) is 0 Å². The molecule has 0 bridgehead atoms. The lowest BCUT2D eigenvalue weighted by atomic mass is 9.93. The second kappa shape index (κ2) is 9.13. The van der Waals surface area contributed by atoms with Gasteiger partial charge in [-0.2, -0.15) is 0 Å². The monoisotopic (exact) mass is 465 g/mol. The van der Waals surface area contributed by atoms with Crippen LogP contribution in [0.4, 0.5) is 4.79 Å². The largest absolute Gasteiger partial charge is 0.453 e. The second-order valence-corrected chi connectivity index (χ2v) is 7.77. The van der Waals surface area contributed by atoms with Gasteiger partial charge in [0, 0.05) is 0 Å². The normalized spacial score (nSPS) is 21.0. The van der Waals surface area contributed by atoms with E-state index in [1.807, 2.05) is 91.0 Å². The summed E-state index contributed by atoms with van der Waals surface area (Å²) in [5, 5.41) is 0. The molecule has 1 amide bonds. The summed E-state index contributed by atoms with van der Waals surface area (Å²) in [5.74, 6) is -0.535. The van der Waals surface area contributed by atoms with Gasteiger partial charge in [0.2, 0.25) is 0 Å². The number of cyclic esters (lactones) is 1. The Labute approximate surface area is 183 Å². The molecule has 1 fully saturated rings. The fourth-order valence-electron chi connectivity index (χ4n) is 3.52. The number of esters is 1. The van der Waals surface area contributed by atoms with Gasteiger partial charge in [0.1, 0.15) is 12.6 Å². The van der Waals surface area contributed by atoms with Crippen LogP contribution in [0.1, 0.15) is 28.8 Å². The summed E-state index contributed by atoms with van der Waals surface area (Å²) >= 11 is 3.34. The average Bonchev–Trinajstić information content (AvgIpc) is 2.80. The Balaban J connectivity index is 1.69. The van der Waals surface area contributed by atoms with Crippen molar-refractivity contribution < 1.29 is 19.1 Å². The molecule has 3 atom stereocenters. The number of benzene rings is 3. The first-order valence-electron chi connectivity index (χ1n) is 9.58. The number of carbonyl (C=O) groups excluding carboxylic acids is 2. The maximum atomic E-state index is 13.2. The lowest BCUT2D eigenvalue weighted by Crippen LogP contribution is -2.51. The number of rotatable bonds is 4. The van der Waals surface area contributed by atoms with E-state index in [2.05, 4.69) is 15.9 Å². The van der Waals surface area contributed by atoms with Gasteiger partial charge in [0.15, 0.2) is 11.1 Å². The minimum atomic E-state index is -0.953. The number of nitrogens with zero attached hydrogens (tertiary/aromatic N) is 1. The van der Waals surface area contributed by atoms with Crippen LogP contribution < -0.4 is 0 Å². The summed E-state index contributed by atoms with van der Waals surface area (Å²) in [6.07, 6.45) is -1.24. The number of morpholine rings is 1. The maximum Gasteiger partial charge on any atom is 0.412 e. The highest BCUT2D eigenvalue weighted by Crippen LogP contribution is 2.43. The minimum Gasteiger partial charge on any atom is -0.453 e. The summed E-state index contributed by atoms with van der Waals surface area (Å²) in [7, 11) is 0. The van der Waals surface area contributed by atoms with Crippen molar-refractivity contribution in [2.45, 2.75) is 23.7 Å². The molecule has 0 unspecified atom stereocenters. The predicted octanol–water partition coefficient (Wildman–Crippen LogP) is 5.39. The Hall–Kier alpha value is -3.12. The van der Waals surface area contributed by atoms with Crippen molar-refractivity contribution in [2.75, 3.05) is 0 Å². The van der Waals surface area contributed by atoms with Crippen molar-refractivity contribution in [1.82, 2.24) is 4.90 Å². The van der Waals surface area contributed by atoms with Crippen LogP contribution in [-0.4, -0.2) is 21.9 Å². The molecule has 6 heteroatoms. The molecule has 0 spiro atoms. The van der Waals surface area contributed by atoms with Crippen LogP contribution in [0.2, 0.25) is 0 Å². The van der Waals surface area contributed by atoms with E-state index in [0.717, 1.165) is 16.7 Å². The quantitative estimate of drug-likeness (QED) is 0.294. The van der Waals surface area contributed by atoms with E-state index in [1.165, 1.54) is 4.90 Å². The third-order valence-electron chi connectivity index (χ3n) is 4.95. The van der Waals surface area contributed by atoms with Crippen LogP contribution in [0.15, 0.2) is 91.0 Å². The summed E-state index contributed by atoms with van der Waals surface area (Å²) in [6.45, 7) is 0.114. The molecule has 4 rings (SSSR count). The molecule has 3 aromatic rings. The Kier molecular flexibility index (Phi) is 6.14. The van der Waals surface area contributed by atoms with E-state index >= 15 is 0 Å². The van der Waals surface area contributed by atoms with Crippen molar-refractivity contribution in [2.24, 2.45) is 0 Å². The van der Waals surface area contributed by atoms with Gasteiger partial charge in [-0.05, 0) is 16.7 Å². The molecule has 1 aliphatic rings. The maximum absolute atomic E-state index is 13.2. The molecule has 0 saturated carbocycles. The summed E-state index contributed by atoms with van der Waals surface area (Å²) in [5.41, 5.74) is 2.52. The van der Waals surface area contributed by atoms with Crippen molar-refractivity contribution in [3.05, 3.63) is 108 Å². The lowest BCUT2D eigenvalue weighted by Gasteiger charge is -2.42. The number of halogens is 1. The molecule has 3 aromatic carbocycles. The zero-order valence-corrected chi connectivity index (χ0v) is 17.6. The molecule has 1 aliphatic heterocycles. The van der Waals surface area contributed by atoms with Gasteiger partial charge in [-0.15, -0.1) is 0 Å². The summed E-state index contributed by atoms with van der Waals surface area (Å²) < 4.78 is 11.3. The Morgan fingerprint density at radius 1 is 0.867 bits per heavy atom. The molecule has 30 heavy (non-hydrogen) atoms. The fraction of sp³-hybridized carbons (Fsp3) is 0.167. The fourth-order valence-corrected chi connectivity index (χ4v) is 4.05. The van der Waals surface area contributed by atoms with Gasteiger partial charge >= 0.3 is 12.1 Å². The Morgan fingerprint density at radius 3 is 2.00 bits per heavy atom. The van der Waals surface area contributed by atoms with Gasteiger partial charge in [0.25, 0.3) is 0 Å². The first-order chi connectivity index (χ1) is 14.6. The third kappa shape index (κ3) is 4.24. The third-order valence-corrected chi connectivity index (χ3v) is 5.77. The van der Waals surface area contributed by atoms with E-state index in [4.69, 9.17) is 9.47 Å². The molecule has 0 N–H and O–H groups in total. The molecule has 1 saturated heterocycles. The Morgan fingerprint density at radius 2 is 1.40 bits per heavy atom. The molecule has 5 nitrogen and oxygen atoms in total. The van der Waals surface area contributed by atoms with E-state index in [1.54, 1.807) is 0 Å². The lowest BCUT2D eigenvalue weighted by molar-refractivity contribution is -0.166. The molecule has 0 aromatic heterocycles. The SMILES string of the molecule is O=C1O[C@H](c2ccccc2)[C@H](c2ccccc2)N(C(=O)OCc2ccccc2)[C@H]1Br. The van der Waals surface area contributed by atoms with Crippen LogP contribution in [0, 0.1) is 0 Å². The van der Waals surface area contributed by atoms with E-state index in [-0.39, 0.29) is 6.61 Å². The van der Waals surface area contributed by atoms with Crippen molar-refractivity contribution in [3.63, 3.8) is 0 Å². The number of hydrogen-bond donors (Lipinski definition) is 0. The number of carbonyl (C=O) groups is 2. The summed E-state index contributed by atoms with van der Waals surface area (Å²) in [4.78, 5) is 26.2. The molecule has 0 aliphatic carbocycles. The second-order valence-electron chi connectivity index (χ2n) is 6.91. The smallest absolute Gasteiger partial charge is 0.412 e. The van der Waals surface area contributed by atoms with E-state index < -0.39 is 29.2 Å². The predicted molar refractivity (Wildman–Crippen MR) is 116 cm³/mol. The van der Waals surface area contributed by atoms with Crippen molar-refractivity contribution >= 4 is 28.0 Å². The Bertz CT molecular complexity index is 997. The molecule has 0 radical (unpaired) electrons. The highest BCUT2D eigenvalue weighted by molar-refractivity contribution is 9.09. The number of hydrogen-bond acceptors (Lipinski definition) is 4. The van der Waals surface area contributed by atoms with Gasteiger partial charge in [-0.1, -0.05) is 107 Å². The topological polar surface area (TPSA) is 55.8 Å². The highest BCUT2D eigenvalue weighted by Gasteiger charge is 2.47. The summed E-state index contributed by atoms with van der Waals surface area (Å²) in [6, 6.07) is 27.8. The molecule has 152 valence electrons. The van der Waals surface area contributed by atoms with Crippen LogP contribution in [0.5, 0.6) is 0 Å². The first-order valence-corrected chi connectivity index (χ1v) is 10.5. The van der Waals surface area contributed by atoms with Gasteiger partial charge in [-0.25, -0.2) is 9.59 Å². The number of amides is 1. The minimum absolute atomic E-state index is 0.114. The number of alkyl halides is 1. The van der Waals surface area contributed by atoms with E-state index in [9.17, 15) is 9.59 Å². The zero-order chi connectivity index (χ0) is 20.9.